The minimum Gasteiger partial charge on any atom is -0.306 e. The van der Waals surface area contributed by atoms with Crippen LogP contribution in [0.2, 0.25) is 0 Å². The van der Waals surface area contributed by atoms with Crippen LogP contribution in [0.5, 0.6) is 0 Å². The van der Waals surface area contributed by atoms with Crippen LogP contribution in [0.3, 0.4) is 0 Å². The summed E-state index contributed by atoms with van der Waals surface area (Å²) in [6.07, 6.45) is 7.19. The van der Waals surface area contributed by atoms with Crippen LogP contribution in [0.4, 0.5) is 5.69 Å². The van der Waals surface area contributed by atoms with E-state index in [9.17, 15) is 10.1 Å². The smallest absolute Gasteiger partial charge is 0.269 e. The zero-order valence-electron chi connectivity index (χ0n) is 12.7. The Kier molecular flexibility index (Phi) is 7.88. The first-order chi connectivity index (χ1) is 9.63. The summed E-state index contributed by atoms with van der Waals surface area (Å²) < 4.78 is 0. The average molecular weight is 278 g/mol. The van der Waals surface area contributed by atoms with Crippen molar-refractivity contribution < 1.29 is 4.92 Å². The Morgan fingerprint density at radius 2 is 1.65 bits per heavy atom. The van der Waals surface area contributed by atoms with Gasteiger partial charge in [0.05, 0.1) is 4.92 Å². The first-order valence-corrected chi connectivity index (χ1v) is 7.55. The molecule has 0 radical (unpaired) electrons. The molecule has 0 heterocycles. The lowest BCUT2D eigenvalue weighted by Gasteiger charge is -2.15. The van der Waals surface area contributed by atoms with Gasteiger partial charge in [-0.05, 0) is 51.4 Å². The lowest BCUT2D eigenvalue weighted by Crippen LogP contribution is -2.20. The third-order valence-corrected chi connectivity index (χ3v) is 3.55. The molecule has 0 saturated carbocycles. The van der Waals surface area contributed by atoms with Gasteiger partial charge in [-0.1, -0.05) is 31.9 Å². The molecule has 0 fully saturated rings. The molecule has 0 bridgehead atoms. The molecular weight excluding hydrogens is 252 g/mol. The van der Waals surface area contributed by atoms with E-state index in [1.165, 1.54) is 37.8 Å². The largest absolute Gasteiger partial charge is 0.306 e. The van der Waals surface area contributed by atoms with Crippen LogP contribution in [0.1, 0.15) is 44.6 Å². The minimum absolute atomic E-state index is 0.171. The number of hydrogen-bond donors (Lipinski definition) is 0. The van der Waals surface area contributed by atoms with Gasteiger partial charge in [0.25, 0.3) is 5.69 Å². The van der Waals surface area contributed by atoms with Crippen molar-refractivity contribution in [1.29, 1.82) is 0 Å². The van der Waals surface area contributed by atoms with E-state index in [2.05, 4.69) is 18.9 Å². The Balaban J connectivity index is 2.16. The van der Waals surface area contributed by atoms with Crippen molar-refractivity contribution in [2.75, 3.05) is 20.1 Å². The molecule has 4 nitrogen and oxygen atoms in total. The summed E-state index contributed by atoms with van der Waals surface area (Å²) in [6, 6.07) is 6.91. The van der Waals surface area contributed by atoms with Gasteiger partial charge in [0.15, 0.2) is 0 Å². The van der Waals surface area contributed by atoms with E-state index in [0.717, 1.165) is 19.4 Å². The Labute approximate surface area is 121 Å². The normalized spacial score (nSPS) is 10.9. The summed E-state index contributed by atoms with van der Waals surface area (Å²) in [6.45, 7) is 4.55. The highest BCUT2D eigenvalue weighted by Crippen LogP contribution is 2.13. The molecule has 20 heavy (non-hydrogen) atoms. The molecule has 0 unspecified atom stereocenters. The molecule has 4 heteroatoms. The van der Waals surface area contributed by atoms with E-state index < -0.39 is 0 Å². The molecule has 1 aromatic rings. The van der Waals surface area contributed by atoms with Crippen molar-refractivity contribution in [1.82, 2.24) is 4.90 Å². The fraction of sp³-hybridized carbons (Fsp3) is 0.625. The molecule has 1 rings (SSSR count). The van der Waals surface area contributed by atoms with Crippen LogP contribution in [0.25, 0.3) is 0 Å². The molecule has 0 aliphatic rings. The third kappa shape index (κ3) is 6.66. The Hall–Kier alpha value is -1.42. The molecule has 0 aliphatic heterocycles. The molecular formula is C16H26N2O2. The first-order valence-electron chi connectivity index (χ1n) is 7.55. The number of benzene rings is 1. The van der Waals surface area contributed by atoms with E-state index in [1.54, 1.807) is 12.1 Å². The number of aryl methyl sites for hydroxylation is 1. The fourth-order valence-corrected chi connectivity index (χ4v) is 2.24. The van der Waals surface area contributed by atoms with E-state index in [0.29, 0.717) is 0 Å². The number of nitrogens with zero attached hydrogens (tertiary/aromatic N) is 2. The summed E-state index contributed by atoms with van der Waals surface area (Å²) in [4.78, 5) is 12.6. The topological polar surface area (TPSA) is 46.4 Å². The number of nitro benzene ring substituents is 1. The second-order valence-electron chi connectivity index (χ2n) is 5.39. The highest BCUT2D eigenvalue weighted by Gasteiger charge is 2.04. The van der Waals surface area contributed by atoms with Gasteiger partial charge in [-0.2, -0.15) is 0 Å². The number of non-ortho nitro benzene ring substituents is 1. The second kappa shape index (κ2) is 9.48. The van der Waals surface area contributed by atoms with Gasteiger partial charge >= 0.3 is 0 Å². The van der Waals surface area contributed by atoms with Gasteiger partial charge in [0.1, 0.15) is 0 Å². The lowest BCUT2D eigenvalue weighted by molar-refractivity contribution is -0.384. The molecule has 0 amide bonds. The highest BCUT2D eigenvalue weighted by molar-refractivity contribution is 5.32. The standard InChI is InChI=1S/C16H26N2O2/c1-3-4-6-13-17(2)14-7-5-8-15-9-11-16(12-10-15)18(19)20/h9-12H,3-8,13-14H2,1-2H3. The third-order valence-electron chi connectivity index (χ3n) is 3.55. The second-order valence-corrected chi connectivity index (χ2v) is 5.39. The summed E-state index contributed by atoms with van der Waals surface area (Å²) in [5.41, 5.74) is 1.36. The number of hydrogen-bond acceptors (Lipinski definition) is 3. The van der Waals surface area contributed by atoms with Crippen LogP contribution >= 0.6 is 0 Å². The fourth-order valence-electron chi connectivity index (χ4n) is 2.24. The molecule has 0 atom stereocenters. The maximum atomic E-state index is 10.6. The van der Waals surface area contributed by atoms with E-state index in [1.807, 2.05) is 12.1 Å². The van der Waals surface area contributed by atoms with Gasteiger partial charge in [0.2, 0.25) is 0 Å². The monoisotopic (exact) mass is 278 g/mol. The number of rotatable bonds is 10. The zero-order valence-corrected chi connectivity index (χ0v) is 12.7. The predicted molar refractivity (Wildman–Crippen MR) is 83.1 cm³/mol. The van der Waals surface area contributed by atoms with Crippen molar-refractivity contribution >= 4 is 5.69 Å². The van der Waals surface area contributed by atoms with Gasteiger partial charge in [-0.25, -0.2) is 0 Å². The molecule has 112 valence electrons. The maximum absolute atomic E-state index is 10.6. The molecule has 1 aromatic carbocycles. The van der Waals surface area contributed by atoms with Crippen LogP contribution in [-0.2, 0) is 6.42 Å². The number of nitro groups is 1. The van der Waals surface area contributed by atoms with E-state index in [-0.39, 0.29) is 10.6 Å². The predicted octanol–water partition coefficient (Wildman–Crippen LogP) is 4.04. The zero-order chi connectivity index (χ0) is 14.8. The van der Waals surface area contributed by atoms with Crippen molar-refractivity contribution in [3.63, 3.8) is 0 Å². The highest BCUT2D eigenvalue weighted by atomic mass is 16.6. The van der Waals surface area contributed by atoms with Crippen molar-refractivity contribution in [3.8, 4) is 0 Å². The summed E-state index contributed by atoms with van der Waals surface area (Å²) >= 11 is 0. The van der Waals surface area contributed by atoms with Gasteiger partial charge in [0, 0.05) is 12.1 Å². The quantitative estimate of drug-likeness (QED) is 0.368. The molecule has 0 saturated heterocycles. The maximum Gasteiger partial charge on any atom is 0.269 e. The van der Waals surface area contributed by atoms with E-state index >= 15 is 0 Å². The molecule has 0 spiro atoms. The van der Waals surface area contributed by atoms with Crippen molar-refractivity contribution in [2.45, 2.75) is 45.4 Å². The van der Waals surface area contributed by atoms with Crippen molar-refractivity contribution in [2.24, 2.45) is 0 Å². The van der Waals surface area contributed by atoms with Gasteiger partial charge < -0.3 is 4.90 Å². The van der Waals surface area contributed by atoms with Crippen LogP contribution in [0, 0.1) is 10.1 Å². The molecule has 0 aliphatic carbocycles. The van der Waals surface area contributed by atoms with Crippen molar-refractivity contribution in [3.05, 3.63) is 39.9 Å². The number of unbranched alkanes of at least 4 members (excludes halogenated alkanes) is 3. The summed E-state index contributed by atoms with van der Waals surface area (Å²) in [7, 11) is 2.18. The SMILES string of the molecule is CCCCCN(C)CCCCc1ccc([N+](=O)[O-])cc1. The average Bonchev–Trinajstić information content (AvgIpc) is 2.44. The van der Waals surface area contributed by atoms with Gasteiger partial charge in [-0.3, -0.25) is 10.1 Å². The summed E-state index contributed by atoms with van der Waals surface area (Å²) in [5.74, 6) is 0. The van der Waals surface area contributed by atoms with Gasteiger partial charge in [-0.15, -0.1) is 0 Å². The lowest BCUT2D eigenvalue weighted by atomic mass is 10.1. The molecule has 0 N–H and O–H groups in total. The Bertz CT molecular complexity index is 390. The van der Waals surface area contributed by atoms with Crippen LogP contribution in [-0.4, -0.2) is 30.0 Å². The molecule has 0 aromatic heterocycles. The summed E-state index contributed by atoms with van der Waals surface area (Å²) in [5, 5.41) is 10.6. The minimum atomic E-state index is -0.352. The van der Waals surface area contributed by atoms with Crippen LogP contribution < -0.4 is 0 Å². The van der Waals surface area contributed by atoms with Crippen LogP contribution in [0.15, 0.2) is 24.3 Å². The van der Waals surface area contributed by atoms with E-state index in [4.69, 9.17) is 0 Å². The first kappa shape index (κ1) is 16.6. The Morgan fingerprint density at radius 1 is 1.05 bits per heavy atom. The Morgan fingerprint density at radius 3 is 2.20 bits per heavy atom.